The van der Waals surface area contributed by atoms with Gasteiger partial charge in [0.15, 0.2) is 5.96 Å². The van der Waals surface area contributed by atoms with Gasteiger partial charge in [0.1, 0.15) is 0 Å². The molecule has 6 heteroatoms. The molecule has 1 fully saturated rings. The Morgan fingerprint density at radius 1 is 1.36 bits per heavy atom. The van der Waals surface area contributed by atoms with Gasteiger partial charge in [0, 0.05) is 51.5 Å². The fourth-order valence-electron chi connectivity index (χ4n) is 3.79. The lowest BCUT2D eigenvalue weighted by molar-refractivity contribution is 0.0888. The van der Waals surface area contributed by atoms with E-state index in [1.54, 1.807) is 0 Å². The van der Waals surface area contributed by atoms with Crippen molar-refractivity contribution in [2.75, 3.05) is 58.0 Å². The lowest BCUT2D eigenvalue weighted by Gasteiger charge is -2.27. The summed E-state index contributed by atoms with van der Waals surface area (Å²) >= 11 is 0. The fourth-order valence-corrected chi connectivity index (χ4v) is 3.79. The van der Waals surface area contributed by atoms with E-state index < -0.39 is 0 Å². The molecule has 0 spiro atoms. The van der Waals surface area contributed by atoms with Crippen LogP contribution in [-0.4, -0.2) is 59.1 Å². The van der Waals surface area contributed by atoms with E-state index in [0.29, 0.717) is 12.5 Å². The molecular formula is C22H36N4O2. The van der Waals surface area contributed by atoms with Gasteiger partial charge >= 0.3 is 0 Å². The maximum atomic E-state index is 5.77. The Bertz CT molecular complexity index is 629. The second-order valence-corrected chi connectivity index (χ2v) is 7.77. The van der Waals surface area contributed by atoms with E-state index in [9.17, 15) is 0 Å². The maximum Gasteiger partial charge on any atom is 0.191 e. The Labute approximate surface area is 169 Å². The van der Waals surface area contributed by atoms with Crippen LogP contribution in [0.3, 0.4) is 0 Å². The van der Waals surface area contributed by atoms with E-state index in [0.717, 1.165) is 64.9 Å². The molecule has 1 aromatic rings. The van der Waals surface area contributed by atoms with Crippen LogP contribution in [0.1, 0.15) is 37.3 Å². The van der Waals surface area contributed by atoms with Gasteiger partial charge in [0.25, 0.3) is 0 Å². The SMILES string of the molecule is CCNC(=NCc1ccc2c(c1)CCCN2C)NCCCOCC1CCOC1. The zero-order chi connectivity index (χ0) is 19.6. The van der Waals surface area contributed by atoms with Crippen LogP contribution in [-0.2, 0) is 22.4 Å². The van der Waals surface area contributed by atoms with Gasteiger partial charge < -0.3 is 25.0 Å². The molecule has 1 saturated heterocycles. The molecule has 0 aromatic heterocycles. The molecular weight excluding hydrogens is 352 g/mol. The topological polar surface area (TPSA) is 58.1 Å². The van der Waals surface area contributed by atoms with Crippen LogP contribution in [0.4, 0.5) is 5.69 Å². The van der Waals surface area contributed by atoms with Crippen LogP contribution in [0, 0.1) is 5.92 Å². The Morgan fingerprint density at radius 3 is 3.11 bits per heavy atom. The summed E-state index contributed by atoms with van der Waals surface area (Å²) in [5.41, 5.74) is 4.09. The molecule has 6 nitrogen and oxygen atoms in total. The number of hydrogen-bond donors (Lipinski definition) is 2. The molecule has 28 heavy (non-hydrogen) atoms. The molecule has 1 unspecified atom stereocenters. The Hall–Kier alpha value is -1.79. The molecule has 0 radical (unpaired) electrons. The van der Waals surface area contributed by atoms with Gasteiger partial charge in [0.05, 0.1) is 19.8 Å². The van der Waals surface area contributed by atoms with Crippen molar-refractivity contribution in [3.8, 4) is 0 Å². The molecule has 1 atom stereocenters. The number of aliphatic imine (C=N–C) groups is 1. The van der Waals surface area contributed by atoms with Crippen LogP contribution in [0.5, 0.6) is 0 Å². The van der Waals surface area contributed by atoms with Crippen molar-refractivity contribution in [2.24, 2.45) is 10.9 Å². The minimum Gasteiger partial charge on any atom is -0.381 e. The van der Waals surface area contributed by atoms with E-state index in [-0.39, 0.29) is 0 Å². The first kappa shape index (κ1) is 20.9. The van der Waals surface area contributed by atoms with Crippen LogP contribution >= 0.6 is 0 Å². The van der Waals surface area contributed by atoms with Crippen LogP contribution in [0.15, 0.2) is 23.2 Å². The molecule has 0 saturated carbocycles. The van der Waals surface area contributed by atoms with Gasteiger partial charge in [-0.3, -0.25) is 0 Å². The van der Waals surface area contributed by atoms with Gasteiger partial charge in [-0.25, -0.2) is 4.99 Å². The molecule has 2 heterocycles. The lowest BCUT2D eigenvalue weighted by Crippen LogP contribution is -2.38. The summed E-state index contributed by atoms with van der Waals surface area (Å²) in [6, 6.07) is 6.76. The molecule has 0 amide bonds. The second-order valence-electron chi connectivity index (χ2n) is 7.77. The maximum absolute atomic E-state index is 5.77. The summed E-state index contributed by atoms with van der Waals surface area (Å²) in [5, 5.41) is 6.75. The lowest BCUT2D eigenvalue weighted by atomic mass is 10.00. The third kappa shape index (κ3) is 6.38. The molecule has 1 aromatic carbocycles. The molecule has 2 aliphatic heterocycles. The Kier molecular flexibility index (Phi) is 8.42. The van der Waals surface area contributed by atoms with E-state index in [1.165, 1.54) is 29.7 Å². The van der Waals surface area contributed by atoms with Crippen molar-refractivity contribution < 1.29 is 9.47 Å². The Balaban J connectivity index is 1.41. The molecule has 0 aliphatic carbocycles. The number of fused-ring (bicyclic) bond motifs is 1. The van der Waals surface area contributed by atoms with Crippen molar-refractivity contribution in [1.29, 1.82) is 0 Å². The highest BCUT2D eigenvalue weighted by molar-refractivity contribution is 5.79. The first-order chi connectivity index (χ1) is 13.8. The van der Waals surface area contributed by atoms with Gasteiger partial charge in [-0.05, 0) is 49.8 Å². The van der Waals surface area contributed by atoms with Gasteiger partial charge in [0.2, 0.25) is 0 Å². The third-order valence-electron chi connectivity index (χ3n) is 5.39. The molecule has 156 valence electrons. The number of hydrogen-bond acceptors (Lipinski definition) is 4. The summed E-state index contributed by atoms with van der Waals surface area (Å²) in [5.74, 6) is 1.46. The highest BCUT2D eigenvalue weighted by atomic mass is 16.5. The van der Waals surface area contributed by atoms with Crippen molar-refractivity contribution >= 4 is 11.6 Å². The van der Waals surface area contributed by atoms with Gasteiger partial charge in [-0.2, -0.15) is 0 Å². The van der Waals surface area contributed by atoms with Gasteiger partial charge in [-0.1, -0.05) is 12.1 Å². The number of anilines is 1. The first-order valence-electron chi connectivity index (χ1n) is 10.8. The molecule has 0 bridgehead atoms. The van der Waals surface area contributed by atoms with Crippen molar-refractivity contribution in [1.82, 2.24) is 10.6 Å². The largest absolute Gasteiger partial charge is 0.381 e. The number of nitrogens with zero attached hydrogens (tertiary/aromatic N) is 2. The van der Waals surface area contributed by atoms with Crippen molar-refractivity contribution in [3.05, 3.63) is 29.3 Å². The predicted molar refractivity (Wildman–Crippen MR) is 115 cm³/mol. The molecule has 2 N–H and O–H groups in total. The summed E-state index contributed by atoms with van der Waals surface area (Å²) < 4.78 is 11.1. The smallest absolute Gasteiger partial charge is 0.191 e. The number of benzene rings is 1. The summed E-state index contributed by atoms with van der Waals surface area (Å²) in [6.07, 6.45) is 4.51. The highest BCUT2D eigenvalue weighted by Crippen LogP contribution is 2.26. The number of aryl methyl sites for hydroxylation is 1. The second kappa shape index (κ2) is 11.3. The average Bonchev–Trinajstić information content (AvgIpc) is 3.22. The number of rotatable bonds is 9. The predicted octanol–water partition coefficient (Wildman–Crippen LogP) is 2.57. The zero-order valence-corrected chi connectivity index (χ0v) is 17.5. The fraction of sp³-hybridized carbons (Fsp3) is 0.682. The minimum atomic E-state index is 0.586. The van der Waals surface area contributed by atoms with Crippen LogP contribution in [0.2, 0.25) is 0 Å². The van der Waals surface area contributed by atoms with Crippen LogP contribution in [0.25, 0.3) is 0 Å². The van der Waals surface area contributed by atoms with Crippen molar-refractivity contribution in [3.63, 3.8) is 0 Å². The number of nitrogens with one attached hydrogen (secondary N) is 2. The summed E-state index contributed by atoms with van der Waals surface area (Å²) in [7, 11) is 2.17. The quantitative estimate of drug-likeness (QED) is 0.387. The normalized spacial score (nSPS) is 19.6. The minimum absolute atomic E-state index is 0.586. The Morgan fingerprint density at radius 2 is 2.29 bits per heavy atom. The summed E-state index contributed by atoms with van der Waals surface area (Å²) in [6.45, 7) is 9.01. The van der Waals surface area contributed by atoms with E-state index in [4.69, 9.17) is 14.5 Å². The first-order valence-corrected chi connectivity index (χ1v) is 10.8. The zero-order valence-electron chi connectivity index (χ0n) is 17.5. The average molecular weight is 389 g/mol. The van der Waals surface area contributed by atoms with Crippen LogP contribution < -0.4 is 15.5 Å². The van der Waals surface area contributed by atoms with Crippen molar-refractivity contribution in [2.45, 2.75) is 39.2 Å². The monoisotopic (exact) mass is 388 g/mol. The standard InChI is InChI=1S/C22H36N4O2/c1-3-23-22(24-10-5-12-27-16-19-9-13-28-17-19)25-15-18-7-8-21-20(14-18)6-4-11-26(21)2/h7-8,14,19H,3-6,9-13,15-17H2,1-2H3,(H2,23,24,25). The third-order valence-corrected chi connectivity index (χ3v) is 5.39. The highest BCUT2D eigenvalue weighted by Gasteiger charge is 2.15. The number of ether oxygens (including phenoxy) is 2. The van der Waals surface area contributed by atoms with E-state index in [1.807, 2.05) is 0 Å². The summed E-state index contributed by atoms with van der Waals surface area (Å²) in [4.78, 5) is 7.10. The number of guanidine groups is 1. The van der Waals surface area contributed by atoms with Gasteiger partial charge in [-0.15, -0.1) is 0 Å². The molecule has 2 aliphatic rings. The van der Waals surface area contributed by atoms with E-state index >= 15 is 0 Å². The van der Waals surface area contributed by atoms with E-state index in [2.05, 4.69) is 47.7 Å². The molecule has 3 rings (SSSR count).